The third-order valence-electron chi connectivity index (χ3n) is 5.60. The lowest BCUT2D eigenvalue weighted by molar-refractivity contribution is -0.135. The number of carbonyl (C=O) groups excluding carboxylic acids is 2. The Morgan fingerprint density at radius 1 is 1.04 bits per heavy atom. The van der Waals surface area contributed by atoms with Crippen LogP contribution in [-0.2, 0) is 9.59 Å². The van der Waals surface area contributed by atoms with Crippen LogP contribution in [0, 0.1) is 0 Å². The summed E-state index contributed by atoms with van der Waals surface area (Å²) in [7, 11) is 0. The second-order valence-electron chi connectivity index (χ2n) is 7.27. The van der Waals surface area contributed by atoms with Gasteiger partial charge in [-0.2, -0.15) is 0 Å². The van der Waals surface area contributed by atoms with E-state index in [4.69, 9.17) is 5.73 Å². The maximum absolute atomic E-state index is 12.3. The first kappa shape index (κ1) is 19.3. The molecule has 0 unspecified atom stereocenters. The third kappa shape index (κ3) is 4.45. The molecule has 1 aromatic rings. The van der Waals surface area contributed by atoms with Gasteiger partial charge in [0.1, 0.15) is 5.54 Å². The molecule has 0 bridgehead atoms. The minimum Gasteiger partial charge on any atom is -0.368 e. The molecule has 2 fully saturated rings. The van der Waals surface area contributed by atoms with Crippen molar-refractivity contribution in [3.8, 4) is 0 Å². The fourth-order valence-electron chi connectivity index (χ4n) is 4.06. The number of nitrogens with two attached hydrogens (primary N) is 1. The molecule has 0 saturated carbocycles. The van der Waals surface area contributed by atoms with Crippen LogP contribution < -0.4 is 11.1 Å². The van der Waals surface area contributed by atoms with E-state index in [1.807, 2.05) is 24.3 Å². The normalized spacial score (nSPS) is 21.3. The maximum atomic E-state index is 12.3. The Kier molecular flexibility index (Phi) is 6.32. The number of nitrogens with one attached hydrogen (secondary N) is 1. The quantitative estimate of drug-likeness (QED) is 0.761. The van der Waals surface area contributed by atoms with Gasteiger partial charge in [-0.25, -0.2) is 0 Å². The summed E-state index contributed by atoms with van der Waals surface area (Å²) >= 11 is 3.38. The fraction of sp³-hybridized carbons (Fsp3) is 0.579. The first-order chi connectivity index (χ1) is 12.5. The van der Waals surface area contributed by atoms with Gasteiger partial charge < -0.3 is 11.1 Å². The summed E-state index contributed by atoms with van der Waals surface area (Å²) in [6.07, 6.45) is 4.90. The lowest BCUT2D eigenvalue weighted by atomic mass is 9.83. The van der Waals surface area contributed by atoms with Crippen LogP contribution in [-0.4, -0.2) is 59.9 Å². The number of piperidine rings is 2. The number of amides is 2. The second kappa shape index (κ2) is 8.50. The van der Waals surface area contributed by atoms with Gasteiger partial charge in [-0.15, -0.1) is 0 Å². The summed E-state index contributed by atoms with van der Waals surface area (Å²) in [4.78, 5) is 28.9. The number of primary amides is 1. The SMILES string of the molecule is NC(=O)C1(N2CCCCC2)CCN(CC(=O)Nc2ccc(Br)cc2)CC1. The molecule has 26 heavy (non-hydrogen) atoms. The summed E-state index contributed by atoms with van der Waals surface area (Å²) in [6, 6.07) is 7.53. The highest BCUT2D eigenvalue weighted by atomic mass is 79.9. The van der Waals surface area contributed by atoms with E-state index < -0.39 is 5.54 Å². The van der Waals surface area contributed by atoms with Gasteiger partial charge in [0, 0.05) is 23.2 Å². The Bertz CT molecular complexity index is 635. The van der Waals surface area contributed by atoms with Gasteiger partial charge >= 0.3 is 0 Å². The van der Waals surface area contributed by atoms with Gasteiger partial charge in [0.05, 0.1) is 6.54 Å². The van der Waals surface area contributed by atoms with Crippen molar-refractivity contribution in [3.05, 3.63) is 28.7 Å². The molecule has 2 aliphatic heterocycles. The third-order valence-corrected chi connectivity index (χ3v) is 6.13. The van der Waals surface area contributed by atoms with Crippen LogP contribution >= 0.6 is 15.9 Å². The van der Waals surface area contributed by atoms with Gasteiger partial charge in [-0.05, 0) is 63.0 Å². The standard InChI is InChI=1S/C19H27BrN4O2/c20-15-4-6-16(7-5-15)22-17(25)14-23-12-8-19(9-13-23,18(21)26)24-10-2-1-3-11-24/h4-7H,1-3,8-14H2,(H2,21,26)(H,22,25). The van der Waals surface area contributed by atoms with E-state index >= 15 is 0 Å². The van der Waals surface area contributed by atoms with Crippen molar-refractivity contribution >= 4 is 33.4 Å². The van der Waals surface area contributed by atoms with E-state index in [0.29, 0.717) is 32.5 Å². The summed E-state index contributed by atoms with van der Waals surface area (Å²) in [5, 5.41) is 2.92. The summed E-state index contributed by atoms with van der Waals surface area (Å²) in [6.45, 7) is 3.67. The smallest absolute Gasteiger partial charge is 0.238 e. The van der Waals surface area contributed by atoms with Crippen molar-refractivity contribution in [2.24, 2.45) is 5.73 Å². The second-order valence-corrected chi connectivity index (χ2v) is 8.19. The summed E-state index contributed by atoms with van der Waals surface area (Å²) < 4.78 is 0.979. The van der Waals surface area contributed by atoms with Crippen molar-refractivity contribution < 1.29 is 9.59 Å². The number of halogens is 1. The molecular formula is C19H27BrN4O2. The van der Waals surface area contributed by atoms with Crippen LogP contribution in [0.15, 0.2) is 28.7 Å². The zero-order valence-corrected chi connectivity index (χ0v) is 16.6. The number of likely N-dealkylation sites (tertiary alicyclic amines) is 2. The van der Waals surface area contributed by atoms with E-state index in [9.17, 15) is 9.59 Å². The molecule has 2 aliphatic rings. The molecule has 3 N–H and O–H groups in total. The van der Waals surface area contributed by atoms with Gasteiger partial charge in [-0.1, -0.05) is 22.4 Å². The molecule has 2 amide bonds. The van der Waals surface area contributed by atoms with Crippen LogP contribution in [0.25, 0.3) is 0 Å². The van der Waals surface area contributed by atoms with Crippen molar-refractivity contribution in [2.45, 2.75) is 37.6 Å². The predicted molar refractivity (Wildman–Crippen MR) is 106 cm³/mol. The van der Waals surface area contributed by atoms with Crippen molar-refractivity contribution in [1.29, 1.82) is 0 Å². The molecule has 2 saturated heterocycles. The molecule has 142 valence electrons. The number of benzene rings is 1. The molecule has 0 spiro atoms. The molecule has 3 rings (SSSR count). The molecule has 0 aliphatic carbocycles. The highest BCUT2D eigenvalue weighted by Gasteiger charge is 2.45. The van der Waals surface area contributed by atoms with E-state index in [-0.39, 0.29) is 11.8 Å². The minimum absolute atomic E-state index is 0.0307. The van der Waals surface area contributed by atoms with E-state index in [1.54, 1.807) is 0 Å². The van der Waals surface area contributed by atoms with Crippen LogP contribution in [0.4, 0.5) is 5.69 Å². The highest BCUT2D eigenvalue weighted by molar-refractivity contribution is 9.10. The van der Waals surface area contributed by atoms with Gasteiger partial charge in [-0.3, -0.25) is 19.4 Å². The summed E-state index contributed by atoms with van der Waals surface area (Å²) in [5.41, 5.74) is 6.07. The Balaban J connectivity index is 1.54. The fourth-order valence-corrected chi connectivity index (χ4v) is 4.32. The minimum atomic E-state index is -0.529. The predicted octanol–water partition coefficient (Wildman–Crippen LogP) is 2.19. The molecule has 0 aromatic heterocycles. The maximum Gasteiger partial charge on any atom is 0.238 e. The Morgan fingerprint density at radius 2 is 1.65 bits per heavy atom. The van der Waals surface area contributed by atoms with Crippen molar-refractivity contribution in [1.82, 2.24) is 9.80 Å². The summed E-state index contributed by atoms with van der Waals surface area (Å²) in [5.74, 6) is -0.241. The van der Waals surface area contributed by atoms with Crippen molar-refractivity contribution in [2.75, 3.05) is 38.0 Å². The first-order valence-electron chi connectivity index (χ1n) is 9.32. The van der Waals surface area contributed by atoms with Crippen molar-refractivity contribution in [3.63, 3.8) is 0 Å². The average molecular weight is 423 g/mol. The monoisotopic (exact) mass is 422 g/mol. The largest absolute Gasteiger partial charge is 0.368 e. The number of rotatable bonds is 5. The zero-order chi connectivity index (χ0) is 18.6. The van der Waals surface area contributed by atoms with Crippen LogP contribution in [0.5, 0.6) is 0 Å². The number of nitrogens with zero attached hydrogens (tertiary/aromatic N) is 2. The Labute approximate surface area is 163 Å². The van der Waals surface area contributed by atoms with E-state index in [1.165, 1.54) is 6.42 Å². The lowest BCUT2D eigenvalue weighted by Crippen LogP contribution is -2.63. The molecule has 6 nitrogen and oxygen atoms in total. The van der Waals surface area contributed by atoms with Crippen LogP contribution in [0.1, 0.15) is 32.1 Å². The molecule has 0 radical (unpaired) electrons. The molecular weight excluding hydrogens is 396 g/mol. The van der Waals surface area contributed by atoms with Crippen LogP contribution in [0.3, 0.4) is 0 Å². The Hall–Kier alpha value is -1.44. The van der Waals surface area contributed by atoms with E-state index in [0.717, 1.165) is 36.1 Å². The molecule has 7 heteroatoms. The molecule has 2 heterocycles. The highest BCUT2D eigenvalue weighted by Crippen LogP contribution is 2.31. The average Bonchev–Trinajstić information content (AvgIpc) is 2.65. The molecule has 1 aromatic carbocycles. The first-order valence-corrected chi connectivity index (χ1v) is 10.1. The van der Waals surface area contributed by atoms with Gasteiger partial charge in [0.2, 0.25) is 11.8 Å². The number of hydrogen-bond donors (Lipinski definition) is 2. The van der Waals surface area contributed by atoms with Crippen LogP contribution in [0.2, 0.25) is 0 Å². The number of hydrogen-bond acceptors (Lipinski definition) is 4. The molecule has 0 atom stereocenters. The van der Waals surface area contributed by atoms with Gasteiger partial charge in [0.25, 0.3) is 0 Å². The zero-order valence-electron chi connectivity index (χ0n) is 15.0. The lowest BCUT2D eigenvalue weighted by Gasteiger charge is -2.48. The number of carbonyl (C=O) groups is 2. The number of anilines is 1. The van der Waals surface area contributed by atoms with Gasteiger partial charge in [0.15, 0.2) is 0 Å². The van der Waals surface area contributed by atoms with E-state index in [2.05, 4.69) is 31.0 Å². The Morgan fingerprint density at radius 3 is 2.23 bits per heavy atom. The topological polar surface area (TPSA) is 78.7 Å².